The van der Waals surface area contributed by atoms with Gasteiger partial charge in [-0.05, 0) is 12.5 Å². The van der Waals surface area contributed by atoms with Crippen LogP contribution in [-0.4, -0.2) is 24.7 Å². The molecule has 0 aliphatic carbocycles. The van der Waals surface area contributed by atoms with Gasteiger partial charge in [-0.3, -0.25) is 0 Å². The van der Waals surface area contributed by atoms with Crippen LogP contribution in [0.2, 0.25) is 0 Å². The van der Waals surface area contributed by atoms with Gasteiger partial charge in [0.15, 0.2) is 0 Å². The van der Waals surface area contributed by atoms with Gasteiger partial charge in [-0.1, -0.05) is 26.2 Å². The lowest BCUT2D eigenvalue weighted by molar-refractivity contribution is 0.0600. The minimum Gasteiger partial charge on any atom is -0.478 e. The maximum Gasteiger partial charge on any atom is 0.338 e. The first-order valence-corrected chi connectivity index (χ1v) is 5.95. The summed E-state index contributed by atoms with van der Waals surface area (Å²) < 4.78 is 10.1. The Morgan fingerprint density at radius 1 is 1.35 bits per heavy atom. The maximum absolute atomic E-state index is 11.3. The van der Waals surface area contributed by atoms with E-state index in [4.69, 9.17) is 4.74 Å². The number of carbonyl (C=O) groups excluding carboxylic acids is 1. The molecule has 0 aliphatic heterocycles. The molecule has 0 spiro atoms. The first kappa shape index (κ1) is 13.5. The Labute approximate surface area is 102 Å². The fraction of sp³-hybridized carbons (Fsp3) is 0.538. The number of carbonyl (C=O) groups is 1. The van der Waals surface area contributed by atoms with Crippen LogP contribution in [-0.2, 0) is 4.74 Å². The van der Waals surface area contributed by atoms with Crippen molar-refractivity contribution in [1.82, 2.24) is 4.98 Å². The second kappa shape index (κ2) is 7.65. The highest BCUT2D eigenvalue weighted by atomic mass is 16.5. The normalized spacial score (nSPS) is 10.0. The highest BCUT2D eigenvalue weighted by Crippen LogP contribution is 2.11. The van der Waals surface area contributed by atoms with Crippen molar-refractivity contribution in [3.8, 4) is 5.88 Å². The number of nitrogens with zero attached hydrogens (tertiary/aromatic N) is 1. The number of rotatable bonds is 7. The number of ether oxygens (including phenoxy) is 2. The molecule has 1 heterocycles. The summed E-state index contributed by atoms with van der Waals surface area (Å²) in [6, 6.07) is 3.21. The first-order chi connectivity index (χ1) is 8.27. The molecule has 0 bridgehead atoms. The number of pyridine rings is 1. The van der Waals surface area contributed by atoms with Crippen molar-refractivity contribution in [2.75, 3.05) is 13.7 Å². The minimum atomic E-state index is -0.372. The lowest BCUT2D eigenvalue weighted by Gasteiger charge is -2.05. The summed E-state index contributed by atoms with van der Waals surface area (Å²) in [6.45, 7) is 2.81. The van der Waals surface area contributed by atoms with Crippen molar-refractivity contribution in [2.24, 2.45) is 0 Å². The van der Waals surface area contributed by atoms with Gasteiger partial charge in [-0.25, -0.2) is 9.78 Å². The number of methoxy groups -OCH3 is 1. The van der Waals surface area contributed by atoms with E-state index < -0.39 is 0 Å². The van der Waals surface area contributed by atoms with E-state index >= 15 is 0 Å². The van der Waals surface area contributed by atoms with Crippen molar-refractivity contribution in [1.29, 1.82) is 0 Å². The van der Waals surface area contributed by atoms with Crippen LogP contribution in [0.5, 0.6) is 5.88 Å². The van der Waals surface area contributed by atoms with Crippen LogP contribution >= 0.6 is 0 Å². The van der Waals surface area contributed by atoms with Crippen molar-refractivity contribution in [2.45, 2.75) is 32.6 Å². The predicted molar refractivity (Wildman–Crippen MR) is 65.2 cm³/mol. The quantitative estimate of drug-likeness (QED) is 0.540. The molecule has 0 radical (unpaired) electrons. The molecule has 0 saturated carbocycles. The molecular formula is C13H19NO3. The number of hydrogen-bond acceptors (Lipinski definition) is 4. The van der Waals surface area contributed by atoms with Crippen molar-refractivity contribution in [3.05, 3.63) is 23.9 Å². The van der Waals surface area contributed by atoms with Crippen LogP contribution in [0.25, 0.3) is 0 Å². The Morgan fingerprint density at radius 3 is 2.88 bits per heavy atom. The van der Waals surface area contributed by atoms with Gasteiger partial charge in [0.2, 0.25) is 5.88 Å². The van der Waals surface area contributed by atoms with E-state index in [0.717, 1.165) is 12.8 Å². The fourth-order valence-electron chi connectivity index (χ4n) is 1.44. The summed E-state index contributed by atoms with van der Waals surface area (Å²) in [7, 11) is 1.36. The fourth-order valence-corrected chi connectivity index (χ4v) is 1.44. The van der Waals surface area contributed by atoms with Crippen molar-refractivity contribution >= 4 is 5.97 Å². The molecule has 0 fully saturated rings. The second-order valence-electron chi connectivity index (χ2n) is 3.78. The minimum absolute atomic E-state index is 0.372. The summed E-state index contributed by atoms with van der Waals surface area (Å²) >= 11 is 0. The molecule has 0 aromatic carbocycles. The zero-order valence-electron chi connectivity index (χ0n) is 10.4. The third-order valence-electron chi connectivity index (χ3n) is 2.40. The van der Waals surface area contributed by atoms with Crippen molar-refractivity contribution in [3.63, 3.8) is 0 Å². The highest BCUT2D eigenvalue weighted by molar-refractivity contribution is 5.89. The number of aromatic nitrogens is 1. The molecule has 0 atom stereocenters. The standard InChI is InChI=1S/C13H19NO3/c1-3-4-5-6-9-17-12-10-11(7-8-14-12)13(15)16-2/h7-8,10H,3-6,9H2,1-2H3. The summed E-state index contributed by atoms with van der Waals surface area (Å²) in [5.74, 6) is 0.104. The van der Waals surface area contributed by atoms with Gasteiger partial charge in [0, 0.05) is 12.3 Å². The second-order valence-corrected chi connectivity index (χ2v) is 3.78. The molecule has 0 unspecified atom stereocenters. The van der Waals surface area contributed by atoms with Gasteiger partial charge in [0.05, 0.1) is 19.3 Å². The van der Waals surface area contributed by atoms with E-state index in [2.05, 4.69) is 16.6 Å². The average molecular weight is 237 g/mol. The van der Waals surface area contributed by atoms with E-state index in [1.165, 1.54) is 20.0 Å². The van der Waals surface area contributed by atoms with E-state index in [1.807, 2.05) is 0 Å². The summed E-state index contributed by atoms with van der Waals surface area (Å²) in [5, 5.41) is 0. The number of unbranched alkanes of at least 4 members (excludes halogenated alkanes) is 3. The van der Waals surface area contributed by atoms with E-state index in [9.17, 15) is 4.79 Å². The molecular weight excluding hydrogens is 218 g/mol. The van der Waals surface area contributed by atoms with Crippen LogP contribution in [0.4, 0.5) is 0 Å². The van der Waals surface area contributed by atoms with Crippen LogP contribution in [0.15, 0.2) is 18.3 Å². The van der Waals surface area contributed by atoms with E-state index in [-0.39, 0.29) is 5.97 Å². The van der Waals surface area contributed by atoms with Crippen LogP contribution in [0.3, 0.4) is 0 Å². The molecule has 0 saturated heterocycles. The monoisotopic (exact) mass is 237 g/mol. The molecule has 4 nitrogen and oxygen atoms in total. The number of esters is 1. The zero-order valence-corrected chi connectivity index (χ0v) is 10.4. The Kier molecular flexibility index (Phi) is 6.07. The van der Waals surface area contributed by atoms with Crippen molar-refractivity contribution < 1.29 is 14.3 Å². The molecule has 0 N–H and O–H groups in total. The van der Waals surface area contributed by atoms with Crippen LogP contribution < -0.4 is 4.74 Å². The largest absolute Gasteiger partial charge is 0.478 e. The smallest absolute Gasteiger partial charge is 0.338 e. The molecule has 1 aromatic rings. The Balaban J connectivity index is 2.40. The number of hydrogen-bond donors (Lipinski definition) is 0. The van der Waals surface area contributed by atoms with Gasteiger partial charge in [-0.15, -0.1) is 0 Å². The molecule has 17 heavy (non-hydrogen) atoms. The van der Waals surface area contributed by atoms with Crippen LogP contribution in [0, 0.1) is 0 Å². The van der Waals surface area contributed by atoms with Gasteiger partial charge < -0.3 is 9.47 Å². The maximum atomic E-state index is 11.3. The third kappa shape index (κ3) is 4.85. The van der Waals surface area contributed by atoms with Crippen LogP contribution in [0.1, 0.15) is 43.0 Å². The topological polar surface area (TPSA) is 48.4 Å². The Bertz CT molecular complexity index is 352. The van der Waals surface area contributed by atoms with E-state index in [1.54, 1.807) is 18.3 Å². The van der Waals surface area contributed by atoms with E-state index in [0.29, 0.717) is 18.1 Å². The lowest BCUT2D eigenvalue weighted by Crippen LogP contribution is -2.04. The molecule has 0 aliphatic rings. The zero-order chi connectivity index (χ0) is 12.5. The van der Waals surface area contributed by atoms with Gasteiger partial charge >= 0.3 is 5.97 Å². The lowest BCUT2D eigenvalue weighted by atomic mass is 10.2. The third-order valence-corrected chi connectivity index (χ3v) is 2.40. The Hall–Kier alpha value is -1.58. The van der Waals surface area contributed by atoms with Gasteiger partial charge in [-0.2, -0.15) is 0 Å². The molecule has 4 heteroatoms. The summed E-state index contributed by atoms with van der Waals surface area (Å²) in [5.41, 5.74) is 0.464. The molecule has 94 valence electrons. The highest BCUT2D eigenvalue weighted by Gasteiger charge is 2.06. The first-order valence-electron chi connectivity index (χ1n) is 5.95. The summed E-state index contributed by atoms with van der Waals surface area (Å²) in [6.07, 6.45) is 6.15. The predicted octanol–water partition coefficient (Wildman–Crippen LogP) is 2.83. The average Bonchev–Trinajstić information content (AvgIpc) is 2.38. The SMILES string of the molecule is CCCCCCOc1cc(C(=O)OC)ccn1. The Morgan fingerprint density at radius 2 is 2.18 bits per heavy atom. The molecule has 0 amide bonds. The van der Waals surface area contributed by atoms with Gasteiger partial charge in [0.25, 0.3) is 0 Å². The summed E-state index contributed by atoms with van der Waals surface area (Å²) in [4.78, 5) is 15.3. The molecule has 1 aromatic heterocycles. The molecule has 1 rings (SSSR count). The van der Waals surface area contributed by atoms with Gasteiger partial charge in [0.1, 0.15) is 0 Å².